The van der Waals surface area contributed by atoms with Gasteiger partial charge in [0.2, 0.25) is 11.8 Å². The largest absolute Gasteiger partial charge is 0.495 e. The summed E-state index contributed by atoms with van der Waals surface area (Å²) in [6, 6.07) is 13.2. The first kappa shape index (κ1) is 34.6. The number of hydrogen-bond acceptors (Lipinski definition) is 7. The van der Waals surface area contributed by atoms with Crippen LogP contribution in [-0.2, 0) is 26.2 Å². The quantitative estimate of drug-likeness (QED) is 0.181. The van der Waals surface area contributed by atoms with Crippen molar-refractivity contribution in [2.45, 2.75) is 57.6 Å². The van der Waals surface area contributed by atoms with Gasteiger partial charge in [0.15, 0.2) is 0 Å². The number of carbonyl (C=O) groups excluding carboxylic acids is 2. The average Bonchev–Trinajstić information content (AvgIpc) is 2.98. The van der Waals surface area contributed by atoms with Gasteiger partial charge >= 0.3 is 0 Å². The highest BCUT2D eigenvalue weighted by atomic mass is 35.5. The Hall–Kier alpha value is -3.87. The van der Waals surface area contributed by atoms with Crippen molar-refractivity contribution in [3.05, 3.63) is 92.0 Å². The first-order chi connectivity index (χ1) is 20.7. The molecule has 0 aromatic heterocycles. The molecular formula is C30H34Cl2N4O7S. The molecule has 0 fully saturated rings. The molecule has 0 aliphatic heterocycles. The van der Waals surface area contributed by atoms with Gasteiger partial charge in [-0.05, 0) is 69.2 Å². The molecule has 0 aliphatic carbocycles. The van der Waals surface area contributed by atoms with Crippen molar-refractivity contribution in [1.82, 2.24) is 10.2 Å². The molecule has 3 rings (SSSR count). The molecule has 0 aliphatic rings. The first-order valence-electron chi connectivity index (χ1n) is 13.6. The predicted molar refractivity (Wildman–Crippen MR) is 170 cm³/mol. The van der Waals surface area contributed by atoms with Crippen LogP contribution in [0.4, 0.5) is 11.4 Å². The number of nitro groups is 1. The molecule has 0 saturated carbocycles. The van der Waals surface area contributed by atoms with Gasteiger partial charge < -0.3 is 15.0 Å². The summed E-state index contributed by atoms with van der Waals surface area (Å²) in [6.07, 6.45) is 0.660. The van der Waals surface area contributed by atoms with Crippen molar-refractivity contribution in [2.75, 3.05) is 18.0 Å². The minimum absolute atomic E-state index is 0.0400. The van der Waals surface area contributed by atoms with Gasteiger partial charge in [-0.15, -0.1) is 0 Å². The number of nitrogens with one attached hydrogen (secondary N) is 1. The van der Waals surface area contributed by atoms with E-state index in [1.807, 2.05) is 13.8 Å². The van der Waals surface area contributed by atoms with E-state index in [1.165, 1.54) is 49.3 Å². The number of sulfonamides is 1. The lowest BCUT2D eigenvalue weighted by Crippen LogP contribution is -2.52. The molecule has 1 N–H and O–H groups in total. The fraction of sp³-hybridized carbons (Fsp3) is 0.333. The average molecular weight is 666 g/mol. The number of benzene rings is 3. The number of nitrogens with zero attached hydrogens (tertiary/aromatic N) is 3. The molecule has 3 aromatic carbocycles. The van der Waals surface area contributed by atoms with Crippen LogP contribution in [0, 0.1) is 17.0 Å². The zero-order chi connectivity index (χ0) is 32.8. The summed E-state index contributed by atoms with van der Waals surface area (Å²) in [7, 11) is -3.30. The van der Waals surface area contributed by atoms with Crippen LogP contribution in [0.5, 0.6) is 5.75 Å². The predicted octanol–water partition coefficient (Wildman–Crippen LogP) is 5.75. The Morgan fingerprint density at radius 3 is 2.25 bits per heavy atom. The van der Waals surface area contributed by atoms with E-state index in [4.69, 9.17) is 27.9 Å². The Labute approximate surface area is 266 Å². The summed E-state index contributed by atoms with van der Waals surface area (Å²) < 4.78 is 34.6. The fourth-order valence-electron chi connectivity index (χ4n) is 4.28. The second-order valence-corrected chi connectivity index (χ2v) is 12.9. The van der Waals surface area contributed by atoms with E-state index in [0.29, 0.717) is 17.0 Å². The van der Waals surface area contributed by atoms with Crippen LogP contribution in [0.3, 0.4) is 0 Å². The molecule has 236 valence electrons. The van der Waals surface area contributed by atoms with Crippen molar-refractivity contribution >= 4 is 56.4 Å². The number of methoxy groups -OCH3 is 1. The molecule has 0 heterocycles. The number of nitro benzene ring substituents is 1. The van der Waals surface area contributed by atoms with Crippen LogP contribution >= 0.6 is 23.2 Å². The fourth-order valence-corrected chi connectivity index (χ4v) is 6.01. The molecule has 0 unspecified atom stereocenters. The van der Waals surface area contributed by atoms with Gasteiger partial charge in [-0.1, -0.05) is 48.3 Å². The van der Waals surface area contributed by atoms with E-state index in [1.54, 1.807) is 31.2 Å². The zero-order valence-corrected chi connectivity index (χ0v) is 27.2. The monoisotopic (exact) mass is 664 g/mol. The van der Waals surface area contributed by atoms with Crippen LogP contribution < -0.4 is 14.4 Å². The summed E-state index contributed by atoms with van der Waals surface area (Å²) >= 11 is 12.3. The summed E-state index contributed by atoms with van der Waals surface area (Å²) in [4.78, 5) is 39.1. The number of halogens is 2. The van der Waals surface area contributed by atoms with Gasteiger partial charge in [0, 0.05) is 34.3 Å². The Bertz CT molecular complexity index is 1630. The first-order valence-corrected chi connectivity index (χ1v) is 15.8. The molecule has 11 nitrogen and oxygen atoms in total. The van der Waals surface area contributed by atoms with Gasteiger partial charge in [0.25, 0.3) is 15.7 Å². The van der Waals surface area contributed by atoms with E-state index in [-0.39, 0.29) is 34.6 Å². The van der Waals surface area contributed by atoms with Crippen molar-refractivity contribution in [2.24, 2.45) is 0 Å². The highest BCUT2D eigenvalue weighted by Crippen LogP contribution is 2.36. The van der Waals surface area contributed by atoms with Crippen molar-refractivity contribution in [1.29, 1.82) is 0 Å². The molecule has 0 saturated heterocycles. The van der Waals surface area contributed by atoms with Crippen LogP contribution in [-0.4, -0.2) is 55.8 Å². The summed E-state index contributed by atoms with van der Waals surface area (Å²) in [5, 5.41) is 15.1. The maximum Gasteiger partial charge on any atom is 0.273 e. The van der Waals surface area contributed by atoms with Gasteiger partial charge in [0.1, 0.15) is 18.3 Å². The molecule has 2 atom stereocenters. The van der Waals surface area contributed by atoms with Gasteiger partial charge in [-0.2, -0.15) is 0 Å². The number of ether oxygens (including phenoxy) is 1. The normalized spacial score (nSPS) is 12.6. The molecule has 44 heavy (non-hydrogen) atoms. The topological polar surface area (TPSA) is 139 Å². The van der Waals surface area contributed by atoms with E-state index >= 15 is 0 Å². The summed E-state index contributed by atoms with van der Waals surface area (Å²) in [5.41, 5.74) is 0.428. The van der Waals surface area contributed by atoms with E-state index in [9.17, 15) is 28.1 Å². The molecule has 0 bridgehead atoms. The highest BCUT2D eigenvalue weighted by molar-refractivity contribution is 7.92. The van der Waals surface area contributed by atoms with E-state index in [0.717, 1.165) is 10.4 Å². The smallest absolute Gasteiger partial charge is 0.273 e. The van der Waals surface area contributed by atoms with Gasteiger partial charge in [0.05, 0.1) is 22.6 Å². The lowest BCUT2D eigenvalue weighted by Gasteiger charge is -2.33. The standard InChI is InChI=1S/C30H34Cl2N4O7S/c1-6-20(3)33-30(38)21(4)34(17-22-8-10-23(31)11-9-22)29(37)18-35(27-15-24(32)12-14-28(27)43-5)44(41,42)25-13-7-19(2)26(16-25)36(39)40/h7-16,20-21H,6,17-18H2,1-5H3,(H,33,38)/t20-,21+/m1/s1. The Morgan fingerprint density at radius 1 is 1.02 bits per heavy atom. The van der Waals surface area contributed by atoms with Crippen molar-refractivity contribution in [3.8, 4) is 5.75 Å². The Balaban J connectivity index is 2.15. The van der Waals surface area contributed by atoms with Crippen LogP contribution in [0.1, 0.15) is 38.3 Å². The second kappa shape index (κ2) is 14.7. The second-order valence-electron chi connectivity index (χ2n) is 10.2. The number of anilines is 1. The summed E-state index contributed by atoms with van der Waals surface area (Å²) in [5.74, 6) is -1.07. The number of hydrogen-bond donors (Lipinski definition) is 1. The third-order valence-corrected chi connectivity index (χ3v) is 9.33. The minimum atomic E-state index is -4.63. The lowest BCUT2D eigenvalue weighted by atomic mass is 10.1. The summed E-state index contributed by atoms with van der Waals surface area (Å²) in [6.45, 7) is 5.94. The van der Waals surface area contributed by atoms with E-state index < -0.39 is 49.9 Å². The maximum atomic E-state index is 14.2. The van der Waals surface area contributed by atoms with Gasteiger partial charge in [-0.25, -0.2) is 8.42 Å². The lowest BCUT2D eigenvalue weighted by molar-refractivity contribution is -0.385. The maximum absolute atomic E-state index is 14.2. The number of aryl methyl sites for hydroxylation is 1. The SMILES string of the molecule is CC[C@@H](C)NC(=O)[C@H](C)N(Cc1ccc(Cl)cc1)C(=O)CN(c1cc(Cl)ccc1OC)S(=O)(=O)c1ccc(C)c([N+](=O)[O-])c1. The van der Waals surface area contributed by atoms with E-state index in [2.05, 4.69) is 5.32 Å². The van der Waals surface area contributed by atoms with Gasteiger partial charge in [-0.3, -0.25) is 24.0 Å². The highest BCUT2D eigenvalue weighted by Gasteiger charge is 2.35. The zero-order valence-electron chi connectivity index (χ0n) is 24.9. The van der Waals surface area contributed by atoms with Crippen LogP contribution in [0.2, 0.25) is 10.0 Å². The van der Waals surface area contributed by atoms with Crippen LogP contribution in [0.25, 0.3) is 0 Å². The number of rotatable bonds is 13. The third-order valence-electron chi connectivity index (χ3n) is 7.09. The molecule has 14 heteroatoms. The van der Waals surface area contributed by atoms with Crippen molar-refractivity contribution < 1.29 is 27.7 Å². The minimum Gasteiger partial charge on any atom is -0.495 e. The molecular weight excluding hydrogens is 631 g/mol. The van der Waals surface area contributed by atoms with Crippen molar-refractivity contribution in [3.63, 3.8) is 0 Å². The molecule has 0 spiro atoms. The molecule has 3 aromatic rings. The number of carbonyl (C=O) groups is 2. The Kier molecular flexibility index (Phi) is 11.6. The number of amides is 2. The molecule has 2 amide bonds. The molecule has 0 radical (unpaired) electrons. The third kappa shape index (κ3) is 8.19. The Morgan fingerprint density at radius 2 is 1.66 bits per heavy atom. The van der Waals surface area contributed by atoms with Crippen LogP contribution in [0.15, 0.2) is 65.6 Å².